The molecule has 0 spiro atoms. The molecule has 1 N–H and O–H groups in total. The van der Waals surface area contributed by atoms with Gasteiger partial charge in [0.15, 0.2) is 0 Å². The molecule has 1 aromatic carbocycles. The van der Waals surface area contributed by atoms with Crippen LogP contribution in [-0.4, -0.2) is 23.7 Å². The lowest BCUT2D eigenvalue weighted by molar-refractivity contribution is -0.385. The van der Waals surface area contributed by atoms with Crippen LogP contribution >= 0.6 is 15.9 Å². The van der Waals surface area contributed by atoms with Gasteiger partial charge in [-0.1, -0.05) is 0 Å². The Morgan fingerprint density at radius 2 is 2.21 bits per heavy atom. The fourth-order valence-corrected chi connectivity index (χ4v) is 2.70. The summed E-state index contributed by atoms with van der Waals surface area (Å²) in [6.07, 6.45) is 2.31. The molecular formula is C13H17BrN2O3. The van der Waals surface area contributed by atoms with E-state index in [4.69, 9.17) is 4.74 Å². The number of nitrogens with zero attached hydrogens (tertiary/aromatic N) is 1. The predicted molar refractivity (Wildman–Crippen MR) is 77.6 cm³/mol. The molecular weight excluding hydrogens is 312 g/mol. The molecule has 1 saturated carbocycles. The molecule has 0 saturated heterocycles. The van der Waals surface area contributed by atoms with Crippen LogP contribution in [0.3, 0.4) is 0 Å². The van der Waals surface area contributed by atoms with Crippen molar-refractivity contribution in [2.75, 3.05) is 11.9 Å². The minimum Gasteiger partial charge on any atom is -0.381 e. The second-order valence-electron chi connectivity index (χ2n) is 4.77. The maximum absolute atomic E-state index is 10.8. The van der Waals surface area contributed by atoms with E-state index in [1.807, 2.05) is 13.0 Å². The van der Waals surface area contributed by atoms with Crippen LogP contribution in [-0.2, 0) is 4.74 Å². The number of ether oxygens (including phenoxy) is 1. The van der Waals surface area contributed by atoms with Gasteiger partial charge in [-0.2, -0.15) is 0 Å². The minimum atomic E-state index is -0.363. The molecule has 0 aliphatic heterocycles. The van der Waals surface area contributed by atoms with Gasteiger partial charge in [0.05, 0.1) is 11.0 Å². The molecule has 0 atom stereocenters. The number of hydrogen-bond donors (Lipinski definition) is 1. The number of aryl methyl sites for hydroxylation is 1. The first kappa shape index (κ1) is 14.3. The molecule has 104 valence electrons. The Morgan fingerprint density at radius 3 is 2.79 bits per heavy atom. The monoisotopic (exact) mass is 328 g/mol. The van der Waals surface area contributed by atoms with Crippen molar-refractivity contribution < 1.29 is 9.66 Å². The molecule has 5 nitrogen and oxygen atoms in total. The van der Waals surface area contributed by atoms with Gasteiger partial charge in [0.25, 0.3) is 5.69 Å². The zero-order chi connectivity index (χ0) is 14.0. The Morgan fingerprint density at radius 1 is 1.53 bits per heavy atom. The standard InChI is InChI=1S/C13H17BrN2O3/c1-3-19-10-5-9(6-10)15-12-4-8(2)13(16(17)18)7-11(12)14/h4,7,9-10,15H,3,5-6H2,1-2H3. The first-order chi connectivity index (χ1) is 9.01. The topological polar surface area (TPSA) is 64.4 Å². The number of nitro groups is 1. The van der Waals surface area contributed by atoms with Crippen molar-refractivity contribution in [1.29, 1.82) is 0 Å². The SMILES string of the molecule is CCOC1CC(Nc2cc(C)c([N+](=O)[O-])cc2Br)C1. The van der Waals surface area contributed by atoms with Crippen LogP contribution in [0.1, 0.15) is 25.3 Å². The average Bonchev–Trinajstić information content (AvgIpc) is 2.30. The molecule has 1 fully saturated rings. The lowest BCUT2D eigenvalue weighted by Gasteiger charge is -2.36. The largest absolute Gasteiger partial charge is 0.381 e. The first-order valence-corrected chi connectivity index (χ1v) is 7.13. The van der Waals surface area contributed by atoms with Crippen LogP contribution in [0.2, 0.25) is 0 Å². The van der Waals surface area contributed by atoms with Crippen LogP contribution in [0.15, 0.2) is 16.6 Å². The molecule has 6 heteroatoms. The summed E-state index contributed by atoms with van der Waals surface area (Å²) in [4.78, 5) is 10.5. The second kappa shape index (κ2) is 5.88. The maximum Gasteiger partial charge on any atom is 0.273 e. The highest BCUT2D eigenvalue weighted by Crippen LogP contribution is 2.34. The summed E-state index contributed by atoms with van der Waals surface area (Å²) in [5, 5.41) is 14.2. The highest BCUT2D eigenvalue weighted by atomic mass is 79.9. The molecule has 1 aliphatic rings. The van der Waals surface area contributed by atoms with Gasteiger partial charge in [-0.25, -0.2) is 0 Å². The summed E-state index contributed by atoms with van der Waals surface area (Å²) >= 11 is 3.38. The van der Waals surface area contributed by atoms with Gasteiger partial charge in [-0.15, -0.1) is 0 Å². The van der Waals surface area contributed by atoms with Crippen molar-refractivity contribution in [3.05, 3.63) is 32.3 Å². The van der Waals surface area contributed by atoms with Gasteiger partial charge in [-0.05, 0) is 48.7 Å². The highest BCUT2D eigenvalue weighted by molar-refractivity contribution is 9.10. The van der Waals surface area contributed by atoms with Crippen LogP contribution in [0, 0.1) is 17.0 Å². The molecule has 0 bridgehead atoms. The zero-order valence-electron chi connectivity index (χ0n) is 11.0. The minimum absolute atomic E-state index is 0.137. The van der Waals surface area contributed by atoms with E-state index in [1.165, 1.54) is 0 Å². The van der Waals surface area contributed by atoms with E-state index >= 15 is 0 Å². The van der Waals surface area contributed by atoms with Gasteiger partial charge < -0.3 is 10.1 Å². The zero-order valence-corrected chi connectivity index (χ0v) is 12.6. The molecule has 1 aliphatic carbocycles. The molecule has 0 heterocycles. The quantitative estimate of drug-likeness (QED) is 0.662. The van der Waals surface area contributed by atoms with E-state index in [9.17, 15) is 10.1 Å². The fourth-order valence-electron chi connectivity index (χ4n) is 2.25. The van der Waals surface area contributed by atoms with Crippen molar-refractivity contribution in [3.8, 4) is 0 Å². The summed E-state index contributed by atoms with van der Waals surface area (Å²) in [6, 6.07) is 3.75. The first-order valence-electron chi connectivity index (χ1n) is 6.34. The van der Waals surface area contributed by atoms with Crippen molar-refractivity contribution in [2.45, 2.75) is 38.8 Å². The predicted octanol–water partition coefficient (Wildman–Crippen LogP) is 3.65. The van der Waals surface area contributed by atoms with Crippen LogP contribution in [0.5, 0.6) is 0 Å². The molecule has 0 amide bonds. The number of nitrogens with one attached hydrogen (secondary N) is 1. The molecule has 0 radical (unpaired) electrons. The number of halogens is 1. The lowest BCUT2D eigenvalue weighted by atomic mass is 9.89. The van der Waals surface area contributed by atoms with E-state index in [0.717, 1.165) is 29.6 Å². The summed E-state index contributed by atoms with van der Waals surface area (Å²) in [5.74, 6) is 0. The van der Waals surface area contributed by atoms with Crippen LogP contribution in [0.4, 0.5) is 11.4 Å². The maximum atomic E-state index is 10.8. The number of rotatable bonds is 5. The smallest absolute Gasteiger partial charge is 0.273 e. The number of nitro benzene ring substituents is 1. The second-order valence-corrected chi connectivity index (χ2v) is 5.62. The Bertz CT molecular complexity index is 487. The summed E-state index contributed by atoms with van der Waals surface area (Å²) in [5.41, 5.74) is 1.71. The third kappa shape index (κ3) is 3.25. The van der Waals surface area contributed by atoms with Gasteiger partial charge in [0.2, 0.25) is 0 Å². The Labute approximate surface area is 120 Å². The molecule has 1 aromatic rings. The van der Waals surface area contributed by atoms with Crippen molar-refractivity contribution in [3.63, 3.8) is 0 Å². The van der Waals surface area contributed by atoms with E-state index in [2.05, 4.69) is 21.2 Å². The number of benzene rings is 1. The Balaban J connectivity index is 2.02. The van der Waals surface area contributed by atoms with Gasteiger partial charge >= 0.3 is 0 Å². The number of hydrogen-bond acceptors (Lipinski definition) is 4. The van der Waals surface area contributed by atoms with Crippen molar-refractivity contribution in [2.24, 2.45) is 0 Å². The van der Waals surface area contributed by atoms with Crippen LogP contribution in [0.25, 0.3) is 0 Å². The third-order valence-corrected chi connectivity index (χ3v) is 4.00. The molecule has 19 heavy (non-hydrogen) atoms. The lowest BCUT2D eigenvalue weighted by Crippen LogP contribution is -2.40. The number of anilines is 1. The normalized spacial score (nSPS) is 21.8. The van der Waals surface area contributed by atoms with Gasteiger partial charge in [0.1, 0.15) is 0 Å². The van der Waals surface area contributed by atoms with Crippen LogP contribution < -0.4 is 5.32 Å². The van der Waals surface area contributed by atoms with Gasteiger partial charge in [-0.3, -0.25) is 10.1 Å². The summed E-state index contributed by atoms with van der Waals surface area (Å²) in [7, 11) is 0. The van der Waals surface area contributed by atoms with E-state index < -0.39 is 0 Å². The summed E-state index contributed by atoms with van der Waals surface area (Å²) < 4.78 is 6.24. The summed E-state index contributed by atoms with van der Waals surface area (Å²) in [6.45, 7) is 4.49. The fraction of sp³-hybridized carbons (Fsp3) is 0.538. The van der Waals surface area contributed by atoms with Crippen molar-refractivity contribution >= 4 is 27.3 Å². The molecule has 2 rings (SSSR count). The third-order valence-electron chi connectivity index (χ3n) is 3.34. The van der Waals surface area contributed by atoms with Gasteiger partial charge in [0, 0.05) is 34.4 Å². The van der Waals surface area contributed by atoms with E-state index in [1.54, 1.807) is 13.0 Å². The van der Waals surface area contributed by atoms with Crippen molar-refractivity contribution in [1.82, 2.24) is 0 Å². The highest BCUT2D eigenvalue weighted by Gasteiger charge is 2.30. The molecule has 0 aromatic heterocycles. The molecule has 0 unspecified atom stereocenters. The Kier molecular flexibility index (Phi) is 4.42. The van der Waals surface area contributed by atoms with E-state index in [-0.39, 0.29) is 10.6 Å². The van der Waals surface area contributed by atoms with E-state index in [0.29, 0.717) is 17.7 Å². The average molecular weight is 329 g/mol. The Hall–Kier alpha value is -1.14.